The average molecular weight is 610 g/mol. The monoisotopic (exact) mass is 607 g/mol. The molecule has 0 N–H and O–H groups in total. The Balaban J connectivity index is 0.00000129. The number of fused-ring (bicyclic) bond motifs is 1. The van der Waals surface area contributed by atoms with Gasteiger partial charge in [-0.05, 0) is 17.4 Å². The van der Waals surface area contributed by atoms with Crippen LogP contribution in [0.1, 0.15) is 51.7 Å². The number of rotatable bonds is 6. The molecule has 0 bridgehead atoms. The first-order valence-electron chi connectivity index (χ1n) is 12.5. The molecule has 3 aromatic carbocycles. The van der Waals surface area contributed by atoms with Crippen LogP contribution in [0.3, 0.4) is 0 Å². The van der Waals surface area contributed by atoms with Crippen LogP contribution in [0.2, 0.25) is 39.3 Å². The normalized spacial score (nSPS) is 12.5. The van der Waals surface area contributed by atoms with Gasteiger partial charge in [0.1, 0.15) is 0 Å². The van der Waals surface area contributed by atoms with Crippen LogP contribution in [0.4, 0.5) is 0 Å². The van der Waals surface area contributed by atoms with Crippen LogP contribution in [0, 0.1) is 0 Å². The molecule has 0 saturated heterocycles. The van der Waals surface area contributed by atoms with Crippen molar-refractivity contribution >= 4 is 54.3 Å². The van der Waals surface area contributed by atoms with E-state index in [0.29, 0.717) is 0 Å². The summed E-state index contributed by atoms with van der Waals surface area (Å²) in [6, 6.07) is 17.3. The van der Waals surface area contributed by atoms with Gasteiger partial charge in [0.15, 0.2) is 0 Å². The maximum absolute atomic E-state index is 4.93. The zero-order valence-corrected chi connectivity index (χ0v) is 28.9. The second-order valence-corrected chi connectivity index (χ2v) is 26.5. The van der Waals surface area contributed by atoms with Crippen molar-refractivity contribution in [3.05, 3.63) is 53.6 Å². The number of hydrogen-bond donors (Lipinski definition) is 0. The number of unbranched alkanes of at least 4 members (excludes halogenated alkanes) is 1. The Bertz CT molecular complexity index is 1060. The number of hydrogen-bond acceptors (Lipinski definition) is 0. The predicted octanol–water partition coefficient (Wildman–Crippen LogP) is 9.33. The Morgan fingerprint density at radius 2 is 1.38 bits per heavy atom. The number of benzene rings is 2. The zero-order valence-electron chi connectivity index (χ0n) is 22.9. The van der Waals surface area contributed by atoms with E-state index in [-0.39, 0.29) is 5.41 Å². The van der Waals surface area contributed by atoms with E-state index in [1.807, 2.05) is 0 Å². The third kappa shape index (κ3) is 7.72. The number of aryl methyl sites for hydroxylation is 1. The summed E-state index contributed by atoms with van der Waals surface area (Å²) in [5, 5.41) is 6.05. The van der Waals surface area contributed by atoms with Crippen LogP contribution in [0.25, 0.3) is 21.9 Å². The Morgan fingerprint density at radius 3 is 1.82 bits per heavy atom. The van der Waals surface area contributed by atoms with Crippen molar-refractivity contribution in [3.8, 4) is 11.1 Å². The molecule has 186 valence electrons. The van der Waals surface area contributed by atoms with Crippen LogP contribution in [0.15, 0.2) is 42.5 Å². The van der Waals surface area contributed by atoms with Crippen molar-refractivity contribution in [2.75, 3.05) is 0 Å². The van der Waals surface area contributed by atoms with Crippen molar-refractivity contribution in [1.82, 2.24) is 0 Å². The van der Waals surface area contributed by atoms with Crippen molar-refractivity contribution in [3.63, 3.8) is 0 Å². The summed E-state index contributed by atoms with van der Waals surface area (Å²) in [6.45, 7) is 24.3. The molecule has 5 heteroatoms. The van der Waals surface area contributed by atoms with Gasteiger partial charge in [-0.15, -0.1) is 34.5 Å². The molecule has 0 aliphatic heterocycles. The molecule has 0 radical (unpaired) electrons. The Labute approximate surface area is 229 Å². The summed E-state index contributed by atoms with van der Waals surface area (Å²) in [4.78, 5) is 0. The first-order valence-corrected chi connectivity index (χ1v) is 25.8. The van der Waals surface area contributed by atoms with E-state index in [1.54, 1.807) is 10.4 Å². The molecule has 0 amide bonds. The summed E-state index contributed by atoms with van der Waals surface area (Å²) in [6.07, 6.45) is 3.70. The maximum atomic E-state index is 4.93. The molecular weight excluding hydrogens is 567 g/mol. The average Bonchev–Trinajstić information content (AvgIpc) is 3.12. The van der Waals surface area contributed by atoms with Crippen LogP contribution >= 0.6 is 17.0 Å². The Kier molecular flexibility index (Phi) is 10.6. The molecule has 0 saturated carbocycles. The SMILES string of the molecule is CCCCc1cc2c(-c3cc([Si](C)(C)C)cc([Si](C)(C)C)c3)c(C(C)(C)C)ccc2[cH-]1.[Cl][Zr][Cl]. The third-order valence-electron chi connectivity index (χ3n) is 6.53. The molecule has 34 heavy (non-hydrogen) atoms. The molecule has 0 nitrogen and oxygen atoms in total. The van der Waals surface area contributed by atoms with E-state index in [9.17, 15) is 0 Å². The first kappa shape index (κ1) is 30.2. The number of halogens is 2. The van der Waals surface area contributed by atoms with Gasteiger partial charge in [-0.1, -0.05) is 120 Å². The van der Waals surface area contributed by atoms with E-state index in [2.05, 4.69) is 109 Å². The van der Waals surface area contributed by atoms with Crippen molar-refractivity contribution in [2.45, 2.75) is 91.7 Å². The van der Waals surface area contributed by atoms with Gasteiger partial charge in [0.2, 0.25) is 0 Å². The minimum atomic E-state index is -1.43. The molecule has 0 aliphatic rings. The van der Waals surface area contributed by atoms with E-state index >= 15 is 0 Å². The first-order chi connectivity index (χ1) is 15.6. The van der Waals surface area contributed by atoms with Crippen LogP contribution in [-0.4, -0.2) is 16.1 Å². The van der Waals surface area contributed by atoms with Gasteiger partial charge < -0.3 is 0 Å². The fourth-order valence-corrected chi connectivity index (χ4v) is 6.94. The van der Waals surface area contributed by atoms with E-state index < -0.39 is 37.0 Å². The molecule has 0 atom stereocenters. The Hall–Kier alpha value is -0.0531. The molecule has 0 unspecified atom stereocenters. The fraction of sp³-hybridized carbons (Fsp3) is 0.483. The van der Waals surface area contributed by atoms with Crippen LogP contribution in [-0.2, 0) is 32.7 Å². The molecule has 0 aromatic heterocycles. The molecule has 3 aromatic rings. The molecule has 0 aliphatic carbocycles. The Morgan fingerprint density at radius 1 is 0.853 bits per heavy atom. The van der Waals surface area contributed by atoms with Crippen LogP contribution < -0.4 is 10.4 Å². The zero-order chi connectivity index (χ0) is 25.9. The molecule has 0 spiro atoms. The molecule has 0 fully saturated rings. The van der Waals surface area contributed by atoms with Gasteiger partial charge in [0.05, 0.1) is 16.1 Å². The van der Waals surface area contributed by atoms with E-state index in [0.717, 1.165) is 0 Å². The van der Waals surface area contributed by atoms with E-state index in [1.165, 1.54) is 52.3 Å². The summed E-state index contributed by atoms with van der Waals surface area (Å²) in [5.41, 5.74) is 6.00. The summed E-state index contributed by atoms with van der Waals surface area (Å²) in [7, 11) is 7.01. The quantitative estimate of drug-likeness (QED) is 0.193. The minimum absolute atomic E-state index is 0.110. The van der Waals surface area contributed by atoms with Crippen molar-refractivity contribution in [2.24, 2.45) is 0 Å². The topological polar surface area (TPSA) is 0 Å². The van der Waals surface area contributed by atoms with Gasteiger partial charge >= 0.3 is 37.9 Å². The second kappa shape index (κ2) is 12.0. The van der Waals surface area contributed by atoms with Gasteiger partial charge in [-0.25, -0.2) is 0 Å². The molecular formula is C29H43Cl2Si2Zr-. The van der Waals surface area contributed by atoms with Gasteiger partial charge in [0.25, 0.3) is 0 Å². The van der Waals surface area contributed by atoms with E-state index in [4.69, 9.17) is 17.0 Å². The fourth-order valence-electron chi connectivity index (χ4n) is 4.44. The van der Waals surface area contributed by atoms with Gasteiger partial charge in [-0.3, -0.25) is 0 Å². The second-order valence-electron chi connectivity index (χ2n) is 12.6. The standard InChI is InChI=1S/C29H43Si2.2ClH.Zr/c1-11-12-13-21-16-22-14-15-27(29(2,3)4)28(26(22)17-21)23-18-24(30(5,6)7)20-25(19-23)31(8,9)10;;;/h14-20H,11-13H2,1-10H3;2*1H;/q-1;;;+2/p-2. The summed E-state index contributed by atoms with van der Waals surface area (Å²) < 4.78 is 0. The van der Waals surface area contributed by atoms with Gasteiger partial charge in [0, 0.05) is 0 Å². The molecule has 3 rings (SSSR count). The summed E-state index contributed by atoms with van der Waals surface area (Å²) >= 11 is -0.826. The van der Waals surface area contributed by atoms with Crippen LogP contribution in [0.5, 0.6) is 0 Å². The predicted molar refractivity (Wildman–Crippen MR) is 160 cm³/mol. The third-order valence-corrected chi connectivity index (χ3v) is 10.6. The van der Waals surface area contributed by atoms with Crippen molar-refractivity contribution < 1.29 is 20.8 Å². The van der Waals surface area contributed by atoms with Crippen molar-refractivity contribution in [1.29, 1.82) is 0 Å². The van der Waals surface area contributed by atoms with Gasteiger partial charge in [-0.2, -0.15) is 6.07 Å². The summed E-state index contributed by atoms with van der Waals surface area (Å²) in [5.74, 6) is 0. The molecule has 0 heterocycles.